The lowest BCUT2D eigenvalue weighted by molar-refractivity contribution is 1.04. The smallest absolute Gasteiger partial charge is 0.164 e. The Hall–Kier alpha value is -6.45. The third-order valence-corrected chi connectivity index (χ3v) is 8.03. The Balaban J connectivity index is 1.56. The van der Waals surface area contributed by atoms with Crippen LogP contribution in [0.15, 0.2) is 190 Å². The lowest BCUT2D eigenvalue weighted by Gasteiger charge is -2.20. The van der Waals surface area contributed by atoms with E-state index in [-0.39, 0.29) is 0 Å². The van der Waals surface area contributed by atoms with E-state index in [1.807, 2.05) is 66.8 Å². The van der Waals surface area contributed by atoms with Gasteiger partial charge in [0.05, 0.1) is 0 Å². The lowest BCUT2D eigenvalue weighted by atomic mass is 9.84. The van der Waals surface area contributed by atoms with Crippen LogP contribution in [0.25, 0.3) is 67.3 Å². The van der Waals surface area contributed by atoms with E-state index < -0.39 is 0 Å². The number of nitrogens with zero attached hydrogens (tertiary/aromatic N) is 3. The first-order valence-corrected chi connectivity index (χ1v) is 15.8. The minimum absolute atomic E-state index is 0.535. The highest BCUT2D eigenvalue weighted by Crippen LogP contribution is 2.42. The molecule has 0 aliphatic rings. The molecular formula is C45H35N3. The summed E-state index contributed by atoms with van der Waals surface area (Å²) in [6, 6.07) is 43.8. The first kappa shape index (κ1) is 31.5. The van der Waals surface area contributed by atoms with Crippen molar-refractivity contribution >= 4 is 11.1 Å². The Bertz CT molecular complexity index is 2160. The van der Waals surface area contributed by atoms with Gasteiger partial charge in [0, 0.05) is 16.7 Å². The van der Waals surface area contributed by atoms with E-state index in [2.05, 4.69) is 111 Å². The van der Waals surface area contributed by atoms with Gasteiger partial charge < -0.3 is 0 Å². The lowest BCUT2D eigenvalue weighted by Crippen LogP contribution is -2.02. The van der Waals surface area contributed by atoms with E-state index in [0.29, 0.717) is 17.5 Å². The summed E-state index contributed by atoms with van der Waals surface area (Å²) in [6.07, 6.45) is 11.0. The average Bonchev–Trinajstić information content (AvgIpc) is 3.16. The highest BCUT2D eigenvalue weighted by molar-refractivity contribution is 5.97. The molecule has 3 nitrogen and oxygen atoms in total. The molecule has 0 fully saturated rings. The fourth-order valence-electron chi connectivity index (χ4n) is 5.72. The molecule has 0 radical (unpaired) electrons. The van der Waals surface area contributed by atoms with E-state index in [1.54, 1.807) is 12.2 Å². The quantitative estimate of drug-likeness (QED) is 0.136. The molecule has 1 aromatic heterocycles. The summed E-state index contributed by atoms with van der Waals surface area (Å²) in [6.45, 7) is 16.0. The molecule has 6 rings (SSSR count). The molecule has 5 aromatic carbocycles. The summed E-state index contributed by atoms with van der Waals surface area (Å²) in [7, 11) is 0. The highest BCUT2D eigenvalue weighted by Gasteiger charge is 2.18. The van der Waals surface area contributed by atoms with Crippen LogP contribution in [0.5, 0.6) is 0 Å². The van der Waals surface area contributed by atoms with Crippen molar-refractivity contribution in [2.75, 3.05) is 0 Å². The summed E-state index contributed by atoms with van der Waals surface area (Å²) in [5.41, 5.74) is 11.3. The Morgan fingerprint density at radius 2 is 0.917 bits per heavy atom. The first-order valence-electron chi connectivity index (χ1n) is 15.8. The second kappa shape index (κ2) is 14.8. The molecule has 48 heavy (non-hydrogen) atoms. The second-order valence-electron chi connectivity index (χ2n) is 11.1. The average molecular weight is 618 g/mol. The van der Waals surface area contributed by atoms with Crippen LogP contribution in [-0.4, -0.2) is 15.0 Å². The van der Waals surface area contributed by atoms with E-state index in [4.69, 9.17) is 15.0 Å². The molecule has 0 aliphatic heterocycles. The largest absolute Gasteiger partial charge is 0.208 e. The Morgan fingerprint density at radius 1 is 0.438 bits per heavy atom. The van der Waals surface area contributed by atoms with E-state index in [1.165, 1.54) is 0 Å². The van der Waals surface area contributed by atoms with Gasteiger partial charge in [0.2, 0.25) is 0 Å². The molecule has 1 heterocycles. The highest BCUT2D eigenvalue weighted by atomic mass is 15.0. The fourth-order valence-corrected chi connectivity index (χ4v) is 5.72. The first-order chi connectivity index (χ1) is 23.6. The van der Waals surface area contributed by atoms with Gasteiger partial charge in [-0.05, 0) is 56.6 Å². The van der Waals surface area contributed by atoms with Crippen LogP contribution in [0.1, 0.15) is 11.4 Å². The van der Waals surface area contributed by atoms with E-state index in [0.717, 1.165) is 61.2 Å². The number of allylic oxidation sites excluding steroid dienone is 8. The Labute approximate surface area is 283 Å². The minimum atomic E-state index is 0.535. The zero-order valence-electron chi connectivity index (χ0n) is 26.8. The van der Waals surface area contributed by atoms with Crippen LogP contribution in [0.3, 0.4) is 0 Å². The second-order valence-corrected chi connectivity index (χ2v) is 11.1. The summed E-state index contributed by atoms with van der Waals surface area (Å²) in [5.74, 6) is 1.70. The van der Waals surface area contributed by atoms with Crippen molar-refractivity contribution in [2.45, 2.75) is 0 Å². The molecule has 0 bridgehead atoms. The molecule has 230 valence electrons. The zero-order chi connectivity index (χ0) is 33.3. The van der Waals surface area contributed by atoms with Gasteiger partial charge >= 0.3 is 0 Å². The van der Waals surface area contributed by atoms with Crippen molar-refractivity contribution in [3.8, 4) is 56.2 Å². The molecule has 3 heteroatoms. The van der Waals surface area contributed by atoms with Crippen molar-refractivity contribution < 1.29 is 0 Å². The fraction of sp³-hybridized carbons (Fsp3) is 0. The summed E-state index contributed by atoms with van der Waals surface area (Å²) in [4.78, 5) is 14.6. The van der Waals surface area contributed by atoms with Gasteiger partial charge in [-0.1, -0.05) is 178 Å². The molecule has 0 spiro atoms. The van der Waals surface area contributed by atoms with Crippen LogP contribution in [0, 0.1) is 0 Å². The molecule has 0 N–H and O–H groups in total. The topological polar surface area (TPSA) is 38.7 Å². The third kappa shape index (κ3) is 6.72. The summed E-state index contributed by atoms with van der Waals surface area (Å²) < 4.78 is 0. The molecule has 0 aliphatic carbocycles. The van der Waals surface area contributed by atoms with Crippen LogP contribution in [-0.2, 0) is 0 Å². The maximum Gasteiger partial charge on any atom is 0.164 e. The van der Waals surface area contributed by atoms with Crippen molar-refractivity contribution in [1.29, 1.82) is 0 Å². The van der Waals surface area contributed by atoms with Crippen LogP contribution >= 0.6 is 0 Å². The van der Waals surface area contributed by atoms with Crippen molar-refractivity contribution in [2.24, 2.45) is 0 Å². The minimum Gasteiger partial charge on any atom is -0.208 e. The Morgan fingerprint density at radius 3 is 1.46 bits per heavy atom. The maximum absolute atomic E-state index is 4.90. The number of rotatable bonds is 11. The van der Waals surface area contributed by atoms with E-state index in [9.17, 15) is 0 Å². The summed E-state index contributed by atoms with van der Waals surface area (Å²) in [5, 5.41) is 0. The molecule has 0 saturated carbocycles. The molecular weight excluding hydrogens is 583 g/mol. The van der Waals surface area contributed by atoms with Gasteiger partial charge in [0.25, 0.3) is 0 Å². The van der Waals surface area contributed by atoms with Gasteiger partial charge in [-0.25, -0.2) is 15.0 Å². The number of hydrogen-bond donors (Lipinski definition) is 0. The van der Waals surface area contributed by atoms with E-state index >= 15 is 0 Å². The normalized spacial score (nSPS) is 11.5. The van der Waals surface area contributed by atoms with Crippen molar-refractivity contribution in [1.82, 2.24) is 15.0 Å². The van der Waals surface area contributed by atoms with Gasteiger partial charge in [-0.2, -0.15) is 0 Å². The monoisotopic (exact) mass is 617 g/mol. The summed E-state index contributed by atoms with van der Waals surface area (Å²) >= 11 is 0. The molecule has 0 saturated heterocycles. The number of aromatic nitrogens is 3. The van der Waals surface area contributed by atoms with Crippen LogP contribution < -0.4 is 0 Å². The van der Waals surface area contributed by atoms with Gasteiger partial charge in [-0.15, -0.1) is 0 Å². The maximum atomic E-state index is 4.90. The van der Waals surface area contributed by atoms with Gasteiger partial charge in [-0.3, -0.25) is 0 Å². The number of benzene rings is 5. The molecule has 0 atom stereocenters. The predicted molar refractivity (Wildman–Crippen MR) is 204 cm³/mol. The van der Waals surface area contributed by atoms with Gasteiger partial charge in [0.15, 0.2) is 17.5 Å². The zero-order valence-corrected chi connectivity index (χ0v) is 26.8. The van der Waals surface area contributed by atoms with Crippen LogP contribution in [0.2, 0.25) is 0 Å². The molecule has 0 unspecified atom stereocenters. The SMILES string of the molecule is C=C/C=C(\C=C)c1nc(-c2ccccc2)nc(-c2ccc(-c3c(/C(C=C)=C/C=C)cc(-c4ccccc4)cc3-c3ccccc3)cc2)n1. The Kier molecular flexibility index (Phi) is 9.70. The molecule has 6 aromatic rings. The predicted octanol–water partition coefficient (Wildman–Crippen LogP) is 11.7. The number of hydrogen-bond acceptors (Lipinski definition) is 3. The third-order valence-electron chi connectivity index (χ3n) is 8.03. The van der Waals surface area contributed by atoms with Crippen molar-refractivity contribution in [3.05, 3.63) is 202 Å². The molecule has 0 amide bonds. The van der Waals surface area contributed by atoms with Crippen LogP contribution in [0.4, 0.5) is 0 Å². The van der Waals surface area contributed by atoms with Crippen molar-refractivity contribution in [3.63, 3.8) is 0 Å². The van der Waals surface area contributed by atoms with Gasteiger partial charge in [0.1, 0.15) is 0 Å². The standard InChI is InChI=1S/C45H35N3/c1-5-18-32(7-3)40-30-39(34-20-12-9-13-21-34)31-41(35-22-14-10-15-23-35)42(40)36-26-28-38(29-27-36)45-47-43(33(8-4)19-6-2)46-44(48-45)37-24-16-11-17-25-37/h5-31H,1-4H2/b32-18+,33-19+.